The van der Waals surface area contributed by atoms with E-state index in [1.165, 1.54) is 16.3 Å². The fourth-order valence-corrected chi connectivity index (χ4v) is 8.39. The summed E-state index contributed by atoms with van der Waals surface area (Å²) in [6.45, 7) is 4.65. The molecule has 6 aromatic rings. The first-order valence-corrected chi connectivity index (χ1v) is 19.2. The van der Waals surface area contributed by atoms with Gasteiger partial charge in [-0.1, -0.05) is 108 Å². The van der Waals surface area contributed by atoms with Gasteiger partial charge in [0.05, 0.1) is 29.9 Å². The second kappa shape index (κ2) is 15.7. The molecule has 0 bridgehead atoms. The summed E-state index contributed by atoms with van der Waals surface area (Å²) in [6.07, 6.45) is 1.21. The highest BCUT2D eigenvalue weighted by molar-refractivity contribution is 7.22. The van der Waals surface area contributed by atoms with E-state index in [9.17, 15) is 19.2 Å². The minimum atomic E-state index is -0.861. The number of benzene rings is 5. The average Bonchev–Trinajstić information content (AvgIpc) is 3.76. The summed E-state index contributed by atoms with van der Waals surface area (Å²) in [7, 11) is 0. The zero-order valence-corrected chi connectivity index (χ0v) is 31.3. The topological polar surface area (TPSA) is 144 Å². The number of nitrogen functional groups attached to an aromatic ring is 1. The molecule has 1 aromatic heterocycles. The standard InChI is InChI=1S/C43H40N8O4S/c1-2-22-49(43(55)45-24-29-10-4-3-5-11-29)50-27-38(52)51-35(41(54)48(26-37(50)51)25-31-14-9-17-36-39(31)47-42(44)56-36)23-28-18-20-32(21-19-28)46-40(53)34-16-8-13-30-12-6-7-15-33(30)34/h2-21,35,37H,1,22-27H2,(H2,44,47)(H,45,55)(H,46,53)/t35-,37+/m0/s1. The number of hydrazine groups is 1. The Bertz CT molecular complexity index is 2450. The molecule has 0 saturated carbocycles. The van der Waals surface area contributed by atoms with Crippen molar-refractivity contribution in [2.24, 2.45) is 0 Å². The molecule has 282 valence electrons. The molecular weight excluding hydrogens is 725 g/mol. The fourth-order valence-electron chi connectivity index (χ4n) is 7.61. The van der Waals surface area contributed by atoms with Gasteiger partial charge in [0.1, 0.15) is 12.2 Å². The molecule has 2 aliphatic rings. The third-order valence-electron chi connectivity index (χ3n) is 10.3. The molecule has 5 amide bonds. The van der Waals surface area contributed by atoms with E-state index in [0.29, 0.717) is 22.9 Å². The van der Waals surface area contributed by atoms with Gasteiger partial charge in [-0.2, -0.15) is 5.01 Å². The first kappa shape index (κ1) is 36.4. The van der Waals surface area contributed by atoms with Crippen LogP contribution in [-0.4, -0.2) is 80.4 Å². The van der Waals surface area contributed by atoms with Gasteiger partial charge in [0.2, 0.25) is 11.8 Å². The summed E-state index contributed by atoms with van der Waals surface area (Å²) in [4.78, 5) is 63.5. The largest absolute Gasteiger partial charge is 0.375 e. The van der Waals surface area contributed by atoms with E-state index in [1.807, 2.05) is 97.1 Å². The van der Waals surface area contributed by atoms with Crippen molar-refractivity contribution in [3.05, 3.63) is 150 Å². The monoisotopic (exact) mass is 764 g/mol. The molecule has 56 heavy (non-hydrogen) atoms. The van der Waals surface area contributed by atoms with Gasteiger partial charge in [0.25, 0.3) is 5.91 Å². The fraction of sp³-hybridized carbons (Fsp3) is 0.186. The second-order valence-corrected chi connectivity index (χ2v) is 14.9. The number of hydrogen-bond acceptors (Lipinski definition) is 8. The molecule has 0 unspecified atom stereocenters. The highest BCUT2D eigenvalue weighted by atomic mass is 32.1. The van der Waals surface area contributed by atoms with Crippen LogP contribution in [0.1, 0.15) is 27.0 Å². The summed E-state index contributed by atoms with van der Waals surface area (Å²) in [5, 5.41) is 11.5. The molecule has 4 N–H and O–H groups in total. The van der Waals surface area contributed by atoms with E-state index >= 15 is 0 Å². The van der Waals surface area contributed by atoms with E-state index in [-0.39, 0.29) is 56.4 Å². The van der Waals surface area contributed by atoms with Crippen LogP contribution in [0, 0.1) is 0 Å². The number of hydrogen-bond donors (Lipinski definition) is 3. The van der Waals surface area contributed by atoms with Crippen LogP contribution >= 0.6 is 11.3 Å². The van der Waals surface area contributed by atoms with Crippen molar-refractivity contribution in [3.63, 3.8) is 0 Å². The first-order valence-electron chi connectivity index (χ1n) is 18.4. The Kier molecular flexibility index (Phi) is 10.2. The third-order valence-corrected chi connectivity index (χ3v) is 11.1. The predicted octanol–water partition coefficient (Wildman–Crippen LogP) is 6.02. The number of thiazole rings is 1. The lowest BCUT2D eigenvalue weighted by molar-refractivity contribution is -0.157. The van der Waals surface area contributed by atoms with Crippen molar-refractivity contribution in [1.82, 2.24) is 30.1 Å². The number of aromatic nitrogens is 1. The molecule has 2 aliphatic heterocycles. The van der Waals surface area contributed by atoms with Crippen molar-refractivity contribution in [1.29, 1.82) is 0 Å². The number of anilines is 2. The minimum Gasteiger partial charge on any atom is -0.375 e. The van der Waals surface area contributed by atoms with Gasteiger partial charge in [0, 0.05) is 30.8 Å². The Morgan fingerprint density at radius 3 is 2.46 bits per heavy atom. The number of nitrogens with zero attached hydrogens (tertiary/aromatic N) is 5. The first-order chi connectivity index (χ1) is 27.3. The highest BCUT2D eigenvalue weighted by Crippen LogP contribution is 2.33. The number of piperazine rings is 1. The van der Waals surface area contributed by atoms with Crippen LogP contribution in [0.2, 0.25) is 0 Å². The molecule has 12 nitrogen and oxygen atoms in total. The van der Waals surface area contributed by atoms with Gasteiger partial charge in [-0.3, -0.25) is 19.4 Å². The number of para-hydroxylation sites is 1. The van der Waals surface area contributed by atoms with Crippen LogP contribution in [0.5, 0.6) is 0 Å². The van der Waals surface area contributed by atoms with Crippen molar-refractivity contribution in [2.45, 2.75) is 31.7 Å². The number of nitrogens with one attached hydrogen (secondary N) is 2. The maximum Gasteiger partial charge on any atom is 0.332 e. The number of carbonyl (C=O) groups is 4. The van der Waals surface area contributed by atoms with E-state index in [2.05, 4.69) is 22.2 Å². The van der Waals surface area contributed by atoms with Crippen LogP contribution in [0.15, 0.2) is 128 Å². The molecule has 5 aromatic carbocycles. The van der Waals surface area contributed by atoms with Gasteiger partial charge < -0.3 is 26.2 Å². The van der Waals surface area contributed by atoms with E-state index < -0.39 is 12.2 Å². The summed E-state index contributed by atoms with van der Waals surface area (Å²) < 4.78 is 0.917. The number of rotatable bonds is 11. The van der Waals surface area contributed by atoms with Gasteiger partial charge in [-0.15, -0.1) is 6.58 Å². The Hall–Kier alpha value is -6.57. The van der Waals surface area contributed by atoms with Gasteiger partial charge in [-0.25, -0.2) is 9.78 Å². The van der Waals surface area contributed by atoms with E-state index in [1.54, 1.807) is 39.1 Å². The third kappa shape index (κ3) is 7.29. The van der Waals surface area contributed by atoms with Crippen molar-refractivity contribution < 1.29 is 19.2 Å². The van der Waals surface area contributed by atoms with Gasteiger partial charge in [0.15, 0.2) is 5.13 Å². The zero-order chi connectivity index (χ0) is 38.8. The number of fused-ring (bicyclic) bond motifs is 3. The normalized spacial score (nSPS) is 16.9. The van der Waals surface area contributed by atoms with Gasteiger partial charge in [-0.05, 0) is 51.7 Å². The van der Waals surface area contributed by atoms with Crippen molar-refractivity contribution in [2.75, 3.05) is 30.7 Å². The Morgan fingerprint density at radius 1 is 0.911 bits per heavy atom. The molecule has 0 radical (unpaired) electrons. The SMILES string of the molecule is C=CCN(C(=O)NCc1ccccc1)N1CC(=O)N2[C@@H](Cc3ccc(NC(=O)c4cccc5ccccc45)cc3)C(=O)N(Cc3cccc4sc(N)nc34)C[C@@H]21. The Balaban J connectivity index is 1.06. The lowest BCUT2D eigenvalue weighted by atomic mass is 9.99. The summed E-state index contributed by atoms with van der Waals surface area (Å²) in [5.41, 5.74) is 10.5. The molecule has 2 fully saturated rings. The van der Waals surface area contributed by atoms with Crippen LogP contribution in [-0.2, 0) is 29.1 Å². The molecule has 0 spiro atoms. The zero-order valence-electron chi connectivity index (χ0n) is 30.5. The maximum absolute atomic E-state index is 14.5. The average molecular weight is 765 g/mol. The molecule has 0 aliphatic carbocycles. The number of amides is 5. The van der Waals surface area contributed by atoms with E-state index in [4.69, 9.17) is 5.73 Å². The summed E-state index contributed by atoms with van der Waals surface area (Å²) in [6, 6.07) is 34.8. The van der Waals surface area contributed by atoms with E-state index in [0.717, 1.165) is 37.7 Å². The number of urea groups is 1. The quantitative estimate of drug-likeness (QED) is 0.137. The Labute approximate surface area is 327 Å². The molecule has 8 rings (SSSR count). The summed E-state index contributed by atoms with van der Waals surface area (Å²) in [5.74, 6) is -0.702. The molecule has 13 heteroatoms. The lowest BCUT2D eigenvalue weighted by Crippen LogP contribution is -2.66. The molecule has 2 saturated heterocycles. The van der Waals surface area contributed by atoms with Crippen molar-refractivity contribution >= 4 is 66.9 Å². The summed E-state index contributed by atoms with van der Waals surface area (Å²) >= 11 is 1.38. The highest BCUT2D eigenvalue weighted by Gasteiger charge is 2.52. The lowest BCUT2D eigenvalue weighted by Gasteiger charge is -2.46. The van der Waals surface area contributed by atoms with Crippen LogP contribution < -0.4 is 16.4 Å². The minimum absolute atomic E-state index is 0.0910. The smallest absolute Gasteiger partial charge is 0.332 e. The Morgan fingerprint density at radius 2 is 1.66 bits per heavy atom. The number of nitrogens with two attached hydrogens (primary N) is 1. The van der Waals surface area contributed by atoms with Crippen LogP contribution in [0.3, 0.4) is 0 Å². The molecule has 3 heterocycles. The van der Waals surface area contributed by atoms with Crippen LogP contribution in [0.25, 0.3) is 21.0 Å². The van der Waals surface area contributed by atoms with Crippen molar-refractivity contribution in [3.8, 4) is 0 Å². The number of carbonyl (C=O) groups excluding carboxylic acids is 4. The molecule has 2 atom stereocenters. The predicted molar refractivity (Wildman–Crippen MR) is 218 cm³/mol. The second-order valence-electron chi connectivity index (χ2n) is 13.8. The van der Waals surface area contributed by atoms with Crippen LogP contribution in [0.4, 0.5) is 15.6 Å². The molecular formula is C43H40N8O4S. The maximum atomic E-state index is 14.5. The van der Waals surface area contributed by atoms with Gasteiger partial charge >= 0.3 is 6.03 Å².